The van der Waals surface area contributed by atoms with Crippen LogP contribution in [0.5, 0.6) is 0 Å². The summed E-state index contributed by atoms with van der Waals surface area (Å²) in [6.45, 7) is 0.555. The number of nitrogens with zero attached hydrogens (tertiary/aromatic N) is 2. The van der Waals surface area contributed by atoms with E-state index in [2.05, 4.69) is 10.1 Å². The van der Waals surface area contributed by atoms with E-state index in [1.807, 2.05) is 0 Å². The highest BCUT2D eigenvalue weighted by atomic mass is 19.3. The van der Waals surface area contributed by atoms with Gasteiger partial charge in [0.05, 0.1) is 0 Å². The third kappa shape index (κ3) is 3.21. The summed E-state index contributed by atoms with van der Waals surface area (Å²) in [6.07, 6.45) is 2.43. The summed E-state index contributed by atoms with van der Waals surface area (Å²) < 4.78 is 31.5. The second-order valence-electron chi connectivity index (χ2n) is 4.59. The van der Waals surface area contributed by atoms with E-state index in [0.29, 0.717) is 37.5 Å². The van der Waals surface area contributed by atoms with Crippen LogP contribution in [-0.4, -0.2) is 22.6 Å². The molecule has 1 fully saturated rings. The van der Waals surface area contributed by atoms with Gasteiger partial charge in [0.25, 0.3) is 0 Å². The number of rotatable bonds is 4. The molecule has 96 valence electrons. The summed E-state index contributed by atoms with van der Waals surface area (Å²) in [6, 6.07) is 0. The number of aromatic nitrogens is 2. The predicted molar refractivity (Wildman–Crippen MR) is 57.8 cm³/mol. The average molecular weight is 245 g/mol. The van der Waals surface area contributed by atoms with Crippen molar-refractivity contribution in [3.05, 3.63) is 11.7 Å². The minimum Gasteiger partial charge on any atom is -0.339 e. The van der Waals surface area contributed by atoms with Crippen molar-refractivity contribution in [1.82, 2.24) is 10.1 Å². The largest absolute Gasteiger partial charge is 0.339 e. The summed E-state index contributed by atoms with van der Waals surface area (Å²) in [5.74, 6) is -1.93. The summed E-state index contributed by atoms with van der Waals surface area (Å²) >= 11 is 0. The topological polar surface area (TPSA) is 64.9 Å². The first-order valence-corrected chi connectivity index (χ1v) is 6.01. The Labute approximate surface area is 98.6 Å². The van der Waals surface area contributed by atoms with E-state index in [-0.39, 0.29) is 18.8 Å². The maximum absolute atomic E-state index is 13.2. The number of alkyl halides is 2. The quantitative estimate of drug-likeness (QED) is 0.883. The second kappa shape index (κ2) is 5.08. The molecule has 1 saturated carbocycles. The summed E-state index contributed by atoms with van der Waals surface area (Å²) in [7, 11) is 0. The fourth-order valence-corrected chi connectivity index (χ4v) is 2.18. The molecule has 0 amide bonds. The van der Waals surface area contributed by atoms with Crippen molar-refractivity contribution < 1.29 is 13.3 Å². The highest BCUT2D eigenvalue weighted by molar-refractivity contribution is 5.00. The van der Waals surface area contributed by atoms with Gasteiger partial charge in [0.1, 0.15) is 0 Å². The van der Waals surface area contributed by atoms with E-state index in [0.717, 1.165) is 6.42 Å². The summed E-state index contributed by atoms with van der Waals surface area (Å²) in [5.41, 5.74) is 5.37. The van der Waals surface area contributed by atoms with Crippen molar-refractivity contribution in [1.29, 1.82) is 0 Å². The van der Waals surface area contributed by atoms with E-state index in [9.17, 15) is 8.78 Å². The third-order valence-corrected chi connectivity index (χ3v) is 3.08. The number of nitrogens with two attached hydrogens (primary N) is 1. The minimum absolute atomic E-state index is 0.0264. The molecular formula is C11H17F2N3O. The number of aryl methyl sites for hydroxylation is 1. The van der Waals surface area contributed by atoms with Crippen LogP contribution in [0.4, 0.5) is 8.78 Å². The monoisotopic (exact) mass is 245 g/mol. The van der Waals surface area contributed by atoms with Crippen LogP contribution in [0.2, 0.25) is 0 Å². The Hall–Kier alpha value is -1.04. The smallest absolute Gasteiger partial charge is 0.248 e. The standard InChI is InChI=1S/C11H17F2N3O/c12-11(13)5-1-3-8(7-11)10-15-9(17-16-10)4-2-6-14/h8H,1-7,14H2. The second-order valence-corrected chi connectivity index (χ2v) is 4.59. The van der Waals surface area contributed by atoms with Gasteiger partial charge in [0.2, 0.25) is 11.8 Å². The molecule has 0 aliphatic heterocycles. The highest BCUT2D eigenvalue weighted by Gasteiger charge is 2.38. The first kappa shape index (κ1) is 12.4. The van der Waals surface area contributed by atoms with Crippen molar-refractivity contribution in [2.75, 3.05) is 6.54 Å². The molecule has 1 aromatic rings. The molecule has 0 spiro atoms. The number of hydrogen-bond donors (Lipinski definition) is 1. The van der Waals surface area contributed by atoms with Gasteiger partial charge < -0.3 is 10.3 Å². The minimum atomic E-state index is -2.58. The number of hydrogen-bond acceptors (Lipinski definition) is 4. The van der Waals surface area contributed by atoms with Crippen molar-refractivity contribution in [3.63, 3.8) is 0 Å². The predicted octanol–water partition coefficient (Wildman–Crippen LogP) is 2.25. The molecule has 2 rings (SSSR count). The SMILES string of the molecule is NCCCc1nc(C2CCCC(F)(F)C2)no1. The van der Waals surface area contributed by atoms with Gasteiger partial charge in [-0.2, -0.15) is 4.98 Å². The molecule has 4 nitrogen and oxygen atoms in total. The van der Waals surface area contributed by atoms with Gasteiger partial charge in [-0.05, 0) is 25.8 Å². The zero-order chi connectivity index (χ0) is 12.3. The van der Waals surface area contributed by atoms with Gasteiger partial charge in [-0.3, -0.25) is 0 Å². The molecule has 1 aliphatic rings. The Morgan fingerprint density at radius 1 is 1.47 bits per heavy atom. The number of halogens is 2. The Morgan fingerprint density at radius 2 is 2.29 bits per heavy atom. The molecule has 1 unspecified atom stereocenters. The molecule has 0 bridgehead atoms. The van der Waals surface area contributed by atoms with Gasteiger partial charge in [-0.15, -0.1) is 0 Å². The van der Waals surface area contributed by atoms with Gasteiger partial charge in [0, 0.05) is 25.2 Å². The van der Waals surface area contributed by atoms with E-state index < -0.39 is 5.92 Å². The first-order valence-electron chi connectivity index (χ1n) is 6.01. The lowest BCUT2D eigenvalue weighted by molar-refractivity contribution is -0.0418. The Bertz CT molecular complexity index is 367. The van der Waals surface area contributed by atoms with Gasteiger partial charge in [-0.1, -0.05) is 5.16 Å². The maximum Gasteiger partial charge on any atom is 0.248 e. The molecule has 0 aromatic carbocycles. The Balaban J connectivity index is 1.99. The molecule has 1 aromatic heterocycles. The van der Waals surface area contributed by atoms with Crippen molar-refractivity contribution in [2.24, 2.45) is 5.73 Å². The van der Waals surface area contributed by atoms with E-state index in [1.165, 1.54) is 0 Å². The van der Waals surface area contributed by atoms with Gasteiger partial charge in [0.15, 0.2) is 5.82 Å². The van der Waals surface area contributed by atoms with Crippen LogP contribution in [0.3, 0.4) is 0 Å². The molecule has 1 heterocycles. The lowest BCUT2D eigenvalue weighted by Gasteiger charge is -2.26. The van der Waals surface area contributed by atoms with Gasteiger partial charge >= 0.3 is 0 Å². The summed E-state index contributed by atoms with van der Waals surface area (Å²) in [4.78, 5) is 4.17. The molecule has 17 heavy (non-hydrogen) atoms. The maximum atomic E-state index is 13.2. The highest BCUT2D eigenvalue weighted by Crippen LogP contribution is 2.40. The van der Waals surface area contributed by atoms with Crippen molar-refractivity contribution in [3.8, 4) is 0 Å². The summed E-state index contributed by atoms with van der Waals surface area (Å²) in [5, 5.41) is 3.80. The van der Waals surface area contributed by atoms with Crippen molar-refractivity contribution in [2.45, 2.75) is 50.4 Å². The lowest BCUT2D eigenvalue weighted by Crippen LogP contribution is -2.25. The molecule has 1 atom stereocenters. The third-order valence-electron chi connectivity index (χ3n) is 3.08. The molecular weight excluding hydrogens is 228 g/mol. The van der Waals surface area contributed by atoms with Crippen LogP contribution >= 0.6 is 0 Å². The zero-order valence-corrected chi connectivity index (χ0v) is 9.66. The van der Waals surface area contributed by atoms with Gasteiger partial charge in [-0.25, -0.2) is 8.78 Å². The molecule has 0 saturated heterocycles. The molecule has 2 N–H and O–H groups in total. The van der Waals surface area contributed by atoms with Crippen molar-refractivity contribution >= 4 is 0 Å². The normalized spacial score (nSPS) is 23.8. The Kier molecular flexibility index (Phi) is 3.71. The van der Waals surface area contributed by atoms with E-state index in [4.69, 9.17) is 10.3 Å². The molecule has 0 radical (unpaired) electrons. The Morgan fingerprint density at radius 3 is 3.00 bits per heavy atom. The fraction of sp³-hybridized carbons (Fsp3) is 0.818. The average Bonchev–Trinajstić information content (AvgIpc) is 2.73. The van der Waals surface area contributed by atoms with E-state index in [1.54, 1.807) is 0 Å². The van der Waals surface area contributed by atoms with Crippen LogP contribution in [0, 0.1) is 0 Å². The van der Waals surface area contributed by atoms with E-state index >= 15 is 0 Å². The lowest BCUT2D eigenvalue weighted by atomic mass is 9.86. The molecule has 1 aliphatic carbocycles. The zero-order valence-electron chi connectivity index (χ0n) is 9.66. The van der Waals surface area contributed by atoms with Crippen LogP contribution in [0.25, 0.3) is 0 Å². The molecule has 6 heteroatoms. The van der Waals surface area contributed by atoms with Crippen LogP contribution in [-0.2, 0) is 6.42 Å². The van der Waals surface area contributed by atoms with Crippen LogP contribution < -0.4 is 5.73 Å². The van der Waals surface area contributed by atoms with Crippen LogP contribution in [0.15, 0.2) is 4.52 Å². The first-order chi connectivity index (χ1) is 8.11. The fourth-order valence-electron chi connectivity index (χ4n) is 2.18. The van der Waals surface area contributed by atoms with Crippen LogP contribution in [0.1, 0.15) is 49.7 Å².